The predicted molar refractivity (Wildman–Crippen MR) is 52.1 cm³/mol. The minimum absolute atomic E-state index is 0.0996. The molecule has 0 amide bonds. The molecule has 0 bridgehead atoms. The van der Waals surface area contributed by atoms with Gasteiger partial charge in [-0.25, -0.2) is 0 Å². The van der Waals surface area contributed by atoms with E-state index in [-0.39, 0.29) is 12.8 Å². The zero-order valence-electron chi connectivity index (χ0n) is 7.33. The SMILES string of the molecule is N#CCc1ccc(Cl)cc1CC(=O)O. The second-order valence-corrected chi connectivity index (χ2v) is 3.25. The maximum Gasteiger partial charge on any atom is 0.307 e. The summed E-state index contributed by atoms with van der Waals surface area (Å²) in [4.78, 5) is 10.5. The molecular weight excluding hydrogens is 202 g/mol. The summed E-state index contributed by atoms with van der Waals surface area (Å²) in [5.74, 6) is -0.925. The first-order chi connectivity index (χ1) is 6.63. The van der Waals surface area contributed by atoms with Crippen LogP contribution in [0.15, 0.2) is 18.2 Å². The molecule has 0 unspecified atom stereocenters. The average molecular weight is 210 g/mol. The third-order valence-corrected chi connectivity index (χ3v) is 2.01. The van der Waals surface area contributed by atoms with E-state index in [0.29, 0.717) is 10.6 Å². The minimum atomic E-state index is -0.925. The topological polar surface area (TPSA) is 61.1 Å². The van der Waals surface area contributed by atoms with E-state index in [2.05, 4.69) is 0 Å². The average Bonchev–Trinajstić information content (AvgIpc) is 2.09. The van der Waals surface area contributed by atoms with E-state index in [0.717, 1.165) is 5.56 Å². The summed E-state index contributed by atoms with van der Waals surface area (Å²) in [6, 6.07) is 6.90. The molecule has 3 nitrogen and oxygen atoms in total. The van der Waals surface area contributed by atoms with Crippen molar-refractivity contribution < 1.29 is 9.90 Å². The van der Waals surface area contributed by atoms with Gasteiger partial charge in [-0.3, -0.25) is 4.79 Å². The quantitative estimate of drug-likeness (QED) is 0.829. The Morgan fingerprint density at radius 1 is 1.50 bits per heavy atom. The normalized spacial score (nSPS) is 9.43. The largest absolute Gasteiger partial charge is 0.481 e. The summed E-state index contributed by atoms with van der Waals surface area (Å²) >= 11 is 5.72. The van der Waals surface area contributed by atoms with Crippen molar-refractivity contribution in [2.45, 2.75) is 12.8 Å². The van der Waals surface area contributed by atoms with Crippen molar-refractivity contribution in [1.82, 2.24) is 0 Å². The van der Waals surface area contributed by atoms with Crippen molar-refractivity contribution in [3.8, 4) is 6.07 Å². The number of carbonyl (C=O) groups is 1. The minimum Gasteiger partial charge on any atom is -0.481 e. The van der Waals surface area contributed by atoms with Crippen LogP contribution in [0.1, 0.15) is 11.1 Å². The van der Waals surface area contributed by atoms with Crippen molar-refractivity contribution >= 4 is 17.6 Å². The zero-order valence-corrected chi connectivity index (χ0v) is 8.08. The molecule has 14 heavy (non-hydrogen) atoms. The van der Waals surface area contributed by atoms with Crippen LogP contribution in [0.3, 0.4) is 0 Å². The number of nitrogens with zero attached hydrogens (tertiary/aromatic N) is 1. The van der Waals surface area contributed by atoms with Gasteiger partial charge in [-0.2, -0.15) is 5.26 Å². The summed E-state index contributed by atoms with van der Waals surface area (Å²) in [6.45, 7) is 0. The summed E-state index contributed by atoms with van der Waals surface area (Å²) in [5, 5.41) is 17.6. The number of carboxylic acid groups (broad SMARTS) is 1. The molecule has 0 aliphatic heterocycles. The summed E-state index contributed by atoms with van der Waals surface area (Å²) in [7, 11) is 0. The van der Waals surface area contributed by atoms with Gasteiger partial charge >= 0.3 is 5.97 Å². The predicted octanol–water partition coefficient (Wildman–Crippen LogP) is 2.03. The molecule has 4 heteroatoms. The van der Waals surface area contributed by atoms with Gasteiger partial charge in [-0.1, -0.05) is 17.7 Å². The Balaban J connectivity index is 3.03. The summed E-state index contributed by atoms with van der Waals surface area (Å²) in [5.41, 5.74) is 1.32. The van der Waals surface area contributed by atoms with Gasteiger partial charge in [0.25, 0.3) is 0 Å². The number of hydrogen-bond donors (Lipinski definition) is 1. The highest BCUT2D eigenvalue weighted by molar-refractivity contribution is 6.30. The Bertz CT molecular complexity index is 396. The van der Waals surface area contributed by atoms with Gasteiger partial charge in [0.15, 0.2) is 0 Å². The molecule has 0 atom stereocenters. The highest BCUT2D eigenvalue weighted by atomic mass is 35.5. The Morgan fingerprint density at radius 3 is 2.79 bits per heavy atom. The molecule has 0 spiro atoms. The van der Waals surface area contributed by atoms with Crippen molar-refractivity contribution in [1.29, 1.82) is 5.26 Å². The Kier molecular flexibility index (Phi) is 3.49. The number of rotatable bonds is 3. The first kappa shape index (κ1) is 10.6. The standard InChI is InChI=1S/C10H8ClNO2/c11-9-2-1-7(3-4-12)8(5-9)6-10(13)14/h1-2,5H,3,6H2,(H,13,14). The van der Waals surface area contributed by atoms with Crippen molar-refractivity contribution in [2.75, 3.05) is 0 Å². The molecule has 72 valence electrons. The molecule has 1 aromatic rings. The molecule has 0 saturated carbocycles. The lowest BCUT2D eigenvalue weighted by molar-refractivity contribution is -0.136. The summed E-state index contributed by atoms with van der Waals surface area (Å²) in [6.07, 6.45) is 0.108. The molecule has 1 aromatic carbocycles. The van der Waals surface area contributed by atoms with Crippen molar-refractivity contribution in [3.05, 3.63) is 34.3 Å². The molecule has 1 rings (SSSR count). The van der Waals surface area contributed by atoms with Crippen LogP contribution < -0.4 is 0 Å². The molecule has 0 radical (unpaired) electrons. The van der Waals surface area contributed by atoms with Gasteiger partial charge in [-0.15, -0.1) is 0 Å². The molecule has 0 aromatic heterocycles. The van der Waals surface area contributed by atoms with E-state index in [1.807, 2.05) is 6.07 Å². The van der Waals surface area contributed by atoms with Gasteiger partial charge in [0.05, 0.1) is 18.9 Å². The third-order valence-electron chi connectivity index (χ3n) is 1.78. The van der Waals surface area contributed by atoms with Crippen LogP contribution in [0.4, 0.5) is 0 Å². The fourth-order valence-corrected chi connectivity index (χ4v) is 1.37. The van der Waals surface area contributed by atoms with Gasteiger partial charge in [0.2, 0.25) is 0 Å². The van der Waals surface area contributed by atoms with E-state index >= 15 is 0 Å². The second-order valence-electron chi connectivity index (χ2n) is 2.82. The van der Waals surface area contributed by atoms with Crippen LogP contribution >= 0.6 is 11.6 Å². The van der Waals surface area contributed by atoms with Crippen LogP contribution in [0.2, 0.25) is 5.02 Å². The zero-order chi connectivity index (χ0) is 10.6. The monoisotopic (exact) mass is 209 g/mol. The maximum absolute atomic E-state index is 10.5. The number of carboxylic acids is 1. The van der Waals surface area contributed by atoms with E-state index in [1.54, 1.807) is 18.2 Å². The van der Waals surface area contributed by atoms with Gasteiger partial charge in [-0.05, 0) is 23.3 Å². The molecule has 0 heterocycles. The first-order valence-electron chi connectivity index (χ1n) is 3.99. The molecule has 0 saturated heterocycles. The number of halogens is 1. The number of benzene rings is 1. The van der Waals surface area contributed by atoms with Crippen molar-refractivity contribution in [3.63, 3.8) is 0 Å². The molecule has 0 aliphatic rings. The fourth-order valence-electron chi connectivity index (χ4n) is 1.18. The van der Waals surface area contributed by atoms with Crippen molar-refractivity contribution in [2.24, 2.45) is 0 Å². The Labute approximate surface area is 86.5 Å². The van der Waals surface area contributed by atoms with E-state index < -0.39 is 5.97 Å². The van der Waals surface area contributed by atoms with Crippen LogP contribution in [0, 0.1) is 11.3 Å². The number of aliphatic carboxylic acids is 1. The Hall–Kier alpha value is -1.53. The molecule has 0 fully saturated rings. The molecule has 1 N–H and O–H groups in total. The van der Waals surface area contributed by atoms with E-state index in [9.17, 15) is 4.79 Å². The Morgan fingerprint density at radius 2 is 2.21 bits per heavy atom. The fraction of sp³-hybridized carbons (Fsp3) is 0.200. The van der Waals surface area contributed by atoms with Crippen LogP contribution in [-0.4, -0.2) is 11.1 Å². The van der Waals surface area contributed by atoms with Gasteiger partial charge in [0, 0.05) is 5.02 Å². The van der Waals surface area contributed by atoms with Gasteiger partial charge in [0.1, 0.15) is 0 Å². The first-order valence-corrected chi connectivity index (χ1v) is 4.37. The van der Waals surface area contributed by atoms with Gasteiger partial charge < -0.3 is 5.11 Å². The summed E-state index contributed by atoms with van der Waals surface area (Å²) < 4.78 is 0. The molecule has 0 aliphatic carbocycles. The van der Waals surface area contributed by atoms with Crippen LogP contribution in [0.25, 0.3) is 0 Å². The van der Waals surface area contributed by atoms with Crippen LogP contribution in [0.5, 0.6) is 0 Å². The second kappa shape index (κ2) is 4.64. The third kappa shape index (κ3) is 2.75. The number of hydrogen-bond acceptors (Lipinski definition) is 2. The smallest absolute Gasteiger partial charge is 0.307 e. The lowest BCUT2D eigenvalue weighted by Gasteiger charge is -2.04. The van der Waals surface area contributed by atoms with E-state index in [1.165, 1.54) is 0 Å². The maximum atomic E-state index is 10.5. The van der Waals surface area contributed by atoms with Crippen LogP contribution in [-0.2, 0) is 17.6 Å². The number of nitriles is 1. The lowest BCUT2D eigenvalue weighted by Crippen LogP contribution is -2.03. The van der Waals surface area contributed by atoms with E-state index in [4.69, 9.17) is 22.0 Å². The highest BCUT2D eigenvalue weighted by Crippen LogP contribution is 2.17. The highest BCUT2D eigenvalue weighted by Gasteiger charge is 2.07. The molecular formula is C10H8ClNO2. The lowest BCUT2D eigenvalue weighted by atomic mass is 10.0.